The van der Waals surface area contributed by atoms with E-state index >= 15 is 0 Å². The second-order valence-electron chi connectivity index (χ2n) is 5.84. The summed E-state index contributed by atoms with van der Waals surface area (Å²) < 4.78 is 0. The summed E-state index contributed by atoms with van der Waals surface area (Å²) in [4.78, 5) is 0. The predicted octanol–water partition coefficient (Wildman–Crippen LogP) is 5.88. The van der Waals surface area contributed by atoms with Gasteiger partial charge in [-0.1, -0.05) is 69.2 Å². The summed E-state index contributed by atoms with van der Waals surface area (Å²) >= 11 is 5.91. The molecule has 1 aromatic rings. The Morgan fingerprint density at radius 3 is 2.06 bits per heavy atom. The van der Waals surface area contributed by atoms with Crippen LogP contribution in [0.5, 0.6) is 0 Å². The fourth-order valence-corrected chi connectivity index (χ4v) is 3.36. The summed E-state index contributed by atoms with van der Waals surface area (Å²) in [5, 5.41) is 0.846. The van der Waals surface area contributed by atoms with Crippen molar-refractivity contribution in [3.8, 4) is 0 Å². The quantitative estimate of drug-likeness (QED) is 0.623. The molecule has 0 nitrogen and oxygen atoms in total. The van der Waals surface area contributed by atoms with Crippen molar-refractivity contribution in [2.75, 3.05) is 0 Å². The van der Waals surface area contributed by atoms with Crippen LogP contribution < -0.4 is 0 Å². The molecule has 0 N–H and O–H groups in total. The molecule has 0 saturated heterocycles. The third kappa shape index (κ3) is 4.31. The van der Waals surface area contributed by atoms with E-state index in [1.54, 1.807) is 0 Å². The maximum absolute atomic E-state index is 5.91. The highest BCUT2D eigenvalue weighted by molar-refractivity contribution is 6.30. The molecule has 1 saturated carbocycles. The van der Waals surface area contributed by atoms with E-state index in [0.29, 0.717) is 0 Å². The topological polar surface area (TPSA) is 0 Å². The van der Waals surface area contributed by atoms with Crippen molar-refractivity contribution < 1.29 is 0 Å². The van der Waals surface area contributed by atoms with Gasteiger partial charge in [0.05, 0.1) is 0 Å². The van der Waals surface area contributed by atoms with Gasteiger partial charge in [0.2, 0.25) is 0 Å². The fourth-order valence-electron chi connectivity index (χ4n) is 3.24. The minimum Gasteiger partial charge on any atom is -0.0843 e. The van der Waals surface area contributed by atoms with Crippen molar-refractivity contribution in [2.45, 2.75) is 58.3 Å². The van der Waals surface area contributed by atoms with Gasteiger partial charge in [0.25, 0.3) is 0 Å². The van der Waals surface area contributed by atoms with Gasteiger partial charge >= 0.3 is 0 Å². The molecule has 0 aromatic heterocycles. The maximum Gasteiger partial charge on any atom is 0.0406 e. The second kappa shape index (κ2) is 7.19. The molecule has 18 heavy (non-hydrogen) atoms. The van der Waals surface area contributed by atoms with E-state index in [1.807, 2.05) is 12.1 Å². The molecule has 0 heterocycles. The molecule has 2 rings (SSSR count). The normalized spacial score (nSPS) is 24.1. The zero-order valence-corrected chi connectivity index (χ0v) is 12.3. The Morgan fingerprint density at radius 1 is 0.944 bits per heavy atom. The minimum absolute atomic E-state index is 0.846. The molecule has 0 atom stereocenters. The van der Waals surface area contributed by atoms with E-state index in [4.69, 9.17) is 11.6 Å². The summed E-state index contributed by atoms with van der Waals surface area (Å²) in [7, 11) is 0. The molecule has 1 aliphatic rings. The smallest absolute Gasteiger partial charge is 0.0406 e. The predicted molar refractivity (Wildman–Crippen MR) is 80.1 cm³/mol. The van der Waals surface area contributed by atoms with Crippen LogP contribution in [0.4, 0.5) is 0 Å². The van der Waals surface area contributed by atoms with Crippen molar-refractivity contribution in [3.05, 3.63) is 34.9 Å². The van der Waals surface area contributed by atoms with Crippen LogP contribution in [0.2, 0.25) is 5.02 Å². The largest absolute Gasteiger partial charge is 0.0843 e. The van der Waals surface area contributed by atoms with Crippen LogP contribution in [0.1, 0.15) is 57.4 Å². The molecule has 0 bridgehead atoms. The van der Waals surface area contributed by atoms with Gasteiger partial charge in [-0.05, 0) is 42.4 Å². The first-order valence-electron chi connectivity index (χ1n) is 7.52. The Morgan fingerprint density at radius 2 is 1.50 bits per heavy atom. The highest BCUT2D eigenvalue weighted by Gasteiger charge is 2.20. The molecule has 0 aliphatic heterocycles. The average Bonchev–Trinajstić information content (AvgIpc) is 2.40. The average molecular weight is 265 g/mol. The molecular weight excluding hydrogens is 240 g/mol. The van der Waals surface area contributed by atoms with Gasteiger partial charge in [0, 0.05) is 5.02 Å². The standard InChI is InChI=1S/C17H25Cl/c1-2-3-14-4-6-15(7-5-14)8-9-16-10-12-17(18)13-11-16/h10-15H,2-9H2,1H3/t14-,15-. The second-order valence-corrected chi connectivity index (χ2v) is 6.28. The Hall–Kier alpha value is -0.490. The molecule has 1 fully saturated rings. The summed E-state index contributed by atoms with van der Waals surface area (Å²) in [6.45, 7) is 2.31. The first kappa shape index (κ1) is 13.9. The van der Waals surface area contributed by atoms with Crippen LogP contribution in [0.25, 0.3) is 0 Å². The van der Waals surface area contributed by atoms with E-state index in [9.17, 15) is 0 Å². The Labute approximate surface area is 117 Å². The Bertz CT molecular complexity index is 333. The number of halogens is 1. The van der Waals surface area contributed by atoms with Gasteiger partial charge in [-0.15, -0.1) is 0 Å². The van der Waals surface area contributed by atoms with Crippen LogP contribution in [0.3, 0.4) is 0 Å². The summed E-state index contributed by atoms with van der Waals surface area (Å²) in [5.41, 5.74) is 1.44. The van der Waals surface area contributed by atoms with E-state index in [0.717, 1.165) is 16.9 Å². The number of benzene rings is 1. The molecular formula is C17H25Cl. The first-order valence-corrected chi connectivity index (χ1v) is 7.90. The maximum atomic E-state index is 5.91. The molecule has 0 radical (unpaired) electrons. The van der Waals surface area contributed by atoms with Crippen LogP contribution in [-0.2, 0) is 6.42 Å². The summed E-state index contributed by atoms with van der Waals surface area (Å²) in [6, 6.07) is 8.36. The number of rotatable bonds is 5. The number of hydrogen-bond acceptors (Lipinski definition) is 0. The highest BCUT2D eigenvalue weighted by Crippen LogP contribution is 2.33. The number of aryl methyl sites for hydroxylation is 1. The van der Waals surface area contributed by atoms with Crippen LogP contribution in [0.15, 0.2) is 24.3 Å². The van der Waals surface area contributed by atoms with Crippen LogP contribution in [0, 0.1) is 11.8 Å². The third-order valence-electron chi connectivity index (χ3n) is 4.42. The van der Waals surface area contributed by atoms with Crippen molar-refractivity contribution in [3.63, 3.8) is 0 Å². The minimum atomic E-state index is 0.846. The zero-order chi connectivity index (χ0) is 12.8. The first-order chi connectivity index (χ1) is 8.78. The summed E-state index contributed by atoms with van der Waals surface area (Å²) in [6.07, 6.45) is 11.2. The molecule has 0 unspecified atom stereocenters. The van der Waals surface area contributed by atoms with E-state index in [2.05, 4.69) is 19.1 Å². The lowest BCUT2D eigenvalue weighted by Gasteiger charge is -2.28. The van der Waals surface area contributed by atoms with Gasteiger partial charge in [-0.2, -0.15) is 0 Å². The molecule has 1 heteroatoms. The van der Waals surface area contributed by atoms with Crippen molar-refractivity contribution in [2.24, 2.45) is 11.8 Å². The lowest BCUT2D eigenvalue weighted by molar-refractivity contribution is 0.252. The monoisotopic (exact) mass is 264 g/mol. The fraction of sp³-hybridized carbons (Fsp3) is 0.647. The van der Waals surface area contributed by atoms with Gasteiger partial charge < -0.3 is 0 Å². The number of hydrogen-bond donors (Lipinski definition) is 0. The molecule has 0 spiro atoms. The van der Waals surface area contributed by atoms with E-state index in [1.165, 1.54) is 56.9 Å². The molecule has 100 valence electrons. The zero-order valence-electron chi connectivity index (χ0n) is 11.5. The van der Waals surface area contributed by atoms with Gasteiger partial charge in [-0.25, -0.2) is 0 Å². The van der Waals surface area contributed by atoms with Gasteiger partial charge in [-0.3, -0.25) is 0 Å². The van der Waals surface area contributed by atoms with Crippen LogP contribution in [-0.4, -0.2) is 0 Å². The van der Waals surface area contributed by atoms with Crippen molar-refractivity contribution in [1.29, 1.82) is 0 Å². The highest BCUT2D eigenvalue weighted by atomic mass is 35.5. The Balaban J connectivity index is 1.70. The molecule has 1 aliphatic carbocycles. The van der Waals surface area contributed by atoms with E-state index < -0.39 is 0 Å². The van der Waals surface area contributed by atoms with Crippen molar-refractivity contribution in [1.82, 2.24) is 0 Å². The molecule has 1 aromatic carbocycles. The lowest BCUT2D eigenvalue weighted by atomic mass is 9.78. The van der Waals surface area contributed by atoms with Gasteiger partial charge in [0.15, 0.2) is 0 Å². The Kier molecular flexibility index (Phi) is 5.56. The SMILES string of the molecule is CCC[C@H]1CC[C@H](CCc2ccc(Cl)cc2)CC1. The third-order valence-corrected chi connectivity index (χ3v) is 4.67. The van der Waals surface area contributed by atoms with Crippen LogP contribution >= 0.6 is 11.6 Å². The lowest BCUT2D eigenvalue weighted by Crippen LogP contribution is -2.15. The van der Waals surface area contributed by atoms with Gasteiger partial charge in [0.1, 0.15) is 0 Å². The molecule has 0 amide bonds. The van der Waals surface area contributed by atoms with E-state index in [-0.39, 0.29) is 0 Å². The summed E-state index contributed by atoms with van der Waals surface area (Å²) in [5.74, 6) is 2.00. The van der Waals surface area contributed by atoms with Crippen molar-refractivity contribution >= 4 is 11.6 Å².